The molecule has 0 amide bonds. The van der Waals surface area contributed by atoms with Gasteiger partial charge in [0.05, 0.1) is 7.11 Å². The number of aliphatic hydroxyl groups is 1. The van der Waals surface area contributed by atoms with Crippen molar-refractivity contribution in [3.63, 3.8) is 0 Å². The van der Waals surface area contributed by atoms with E-state index in [1.165, 1.54) is 14.0 Å². The lowest BCUT2D eigenvalue weighted by Crippen LogP contribution is -2.56. The number of carbonyl (C=O) groups is 1. The van der Waals surface area contributed by atoms with Gasteiger partial charge in [0.15, 0.2) is 5.60 Å². The molecule has 1 aliphatic heterocycles. The Morgan fingerprint density at radius 1 is 1.53 bits per heavy atom. The first-order chi connectivity index (χ1) is 7.90. The lowest BCUT2D eigenvalue weighted by atomic mass is 10.0. The first-order valence-corrected chi connectivity index (χ1v) is 6.14. The largest absolute Gasteiger partial charge is 0.467 e. The van der Waals surface area contributed by atoms with Crippen LogP contribution in [0, 0.1) is 0 Å². The van der Waals surface area contributed by atoms with Crippen molar-refractivity contribution in [2.45, 2.75) is 31.9 Å². The maximum atomic E-state index is 11.4. The molecule has 1 saturated heterocycles. The van der Waals surface area contributed by atoms with Crippen molar-refractivity contribution >= 4 is 5.97 Å². The third-order valence-corrected chi connectivity index (χ3v) is 3.49. The van der Waals surface area contributed by atoms with Crippen molar-refractivity contribution in [2.24, 2.45) is 0 Å². The summed E-state index contributed by atoms with van der Waals surface area (Å²) in [5, 5.41) is 10.0. The fourth-order valence-electron chi connectivity index (χ4n) is 2.31. The van der Waals surface area contributed by atoms with Gasteiger partial charge in [-0.2, -0.15) is 0 Å². The van der Waals surface area contributed by atoms with Gasteiger partial charge in [0.25, 0.3) is 0 Å². The molecule has 5 nitrogen and oxygen atoms in total. The highest BCUT2D eigenvalue weighted by Crippen LogP contribution is 2.15. The molecule has 0 aromatic rings. The highest BCUT2D eigenvalue weighted by molar-refractivity contribution is 5.78. The van der Waals surface area contributed by atoms with Crippen LogP contribution >= 0.6 is 0 Å². The van der Waals surface area contributed by atoms with Crippen LogP contribution in [0.5, 0.6) is 0 Å². The number of esters is 1. The summed E-state index contributed by atoms with van der Waals surface area (Å²) in [7, 11) is 3.42. The van der Waals surface area contributed by atoms with E-state index in [1.807, 2.05) is 0 Å². The summed E-state index contributed by atoms with van der Waals surface area (Å²) in [6.45, 7) is 6.74. The van der Waals surface area contributed by atoms with Crippen LogP contribution < -0.4 is 0 Å². The molecule has 100 valence electrons. The third kappa shape index (κ3) is 3.66. The highest BCUT2D eigenvalue weighted by Gasteiger charge is 2.35. The van der Waals surface area contributed by atoms with E-state index in [-0.39, 0.29) is 0 Å². The minimum atomic E-state index is -1.41. The van der Waals surface area contributed by atoms with E-state index in [4.69, 9.17) is 0 Å². The van der Waals surface area contributed by atoms with Crippen LogP contribution in [0.3, 0.4) is 0 Å². The number of hydrogen-bond acceptors (Lipinski definition) is 5. The molecule has 0 aromatic heterocycles. The lowest BCUT2D eigenvalue weighted by molar-refractivity contribution is -0.163. The van der Waals surface area contributed by atoms with Gasteiger partial charge in [-0.1, -0.05) is 6.92 Å². The molecule has 5 heteroatoms. The Kier molecular flexibility index (Phi) is 4.91. The summed E-state index contributed by atoms with van der Waals surface area (Å²) in [4.78, 5) is 15.9. The molecule has 0 aliphatic carbocycles. The topological polar surface area (TPSA) is 53.0 Å². The van der Waals surface area contributed by atoms with E-state index < -0.39 is 11.6 Å². The van der Waals surface area contributed by atoms with E-state index in [9.17, 15) is 9.90 Å². The number of carbonyl (C=O) groups excluding carboxylic acids is 1. The summed E-state index contributed by atoms with van der Waals surface area (Å²) in [6, 6.07) is 0.497. The first kappa shape index (κ1) is 14.4. The summed E-state index contributed by atoms with van der Waals surface area (Å²) < 4.78 is 4.60. The van der Waals surface area contributed by atoms with Gasteiger partial charge < -0.3 is 14.7 Å². The molecule has 2 unspecified atom stereocenters. The summed E-state index contributed by atoms with van der Waals surface area (Å²) in [5.41, 5.74) is -1.41. The van der Waals surface area contributed by atoms with Gasteiger partial charge in [-0.25, -0.2) is 4.79 Å². The number of methoxy groups -OCH3 is 1. The van der Waals surface area contributed by atoms with E-state index in [2.05, 4.69) is 28.5 Å². The Labute approximate surface area is 103 Å². The molecule has 1 fully saturated rings. The van der Waals surface area contributed by atoms with E-state index in [0.29, 0.717) is 12.6 Å². The van der Waals surface area contributed by atoms with Crippen LogP contribution in [-0.2, 0) is 9.53 Å². The van der Waals surface area contributed by atoms with Gasteiger partial charge >= 0.3 is 5.97 Å². The number of nitrogens with zero attached hydrogens (tertiary/aromatic N) is 2. The normalized spacial score (nSPS) is 26.5. The zero-order valence-corrected chi connectivity index (χ0v) is 11.3. The summed E-state index contributed by atoms with van der Waals surface area (Å²) in [6.07, 6.45) is 1.08. The van der Waals surface area contributed by atoms with Gasteiger partial charge in [0.1, 0.15) is 0 Å². The van der Waals surface area contributed by atoms with E-state index >= 15 is 0 Å². The van der Waals surface area contributed by atoms with Gasteiger partial charge in [-0.3, -0.25) is 4.90 Å². The van der Waals surface area contributed by atoms with Gasteiger partial charge in [-0.15, -0.1) is 0 Å². The average Bonchev–Trinajstić information content (AvgIpc) is 2.30. The molecular weight excluding hydrogens is 220 g/mol. The predicted octanol–water partition coefficient (Wildman–Crippen LogP) is -0.0636. The summed E-state index contributed by atoms with van der Waals surface area (Å²) >= 11 is 0. The Bertz CT molecular complexity index is 268. The second-order valence-corrected chi connectivity index (χ2v) is 5.04. The fraction of sp³-hybridized carbons (Fsp3) is 0.917. The second kappa shape index (κ2) is 5.80. The van der Waals surface area contributed by atoms with Crippen LogP contribution in [-0.4, -0.2) is 72.9 Å². The minimum absolute atomic E-state index is 0.337. The van der Waals surface area contributed by atoms with Crippen molar-refractivity contribution in [3.8, 4) is 0 Å². The van der Waals surface area contributed by atoms with Gasteiger partial charge in [-0.05, 0) is 20.4 Å². The highest BCUT2D eigenvalue weighted by atomic mass is 16.5. The maximum Gasteiger partial charge on any atom is 0.338 e. The predicted molar refractivity (Wildman–Crippen MR) is 65.8 cm³/mol. The summed E-state index contributed by atoms with van der Waals surface area (Å²) in [5.74, 6) is -0.565. The molecule has 0 radical (unpaired) electrons. The first-order valence-electron chi connectivity index (χ1n) is 6.14. The molecule has 1 N–H and O–H groups in total. The lowest BCUT2D eigenvalue weighted by Gasteiger charge is -2.41. The molecule has 0 bridgehead atoms. The van der Waals surface area contributed by atoms with Crippen LogP contribution in [0.15, 0.2) is 0 Å². The van der Waals surface area contributed by atoms with Crippen molar-refractivity contribution in [1.29, 1.82) is 0 Å². The zero-order valence-electron chi connectivity index (χ0n) is 11.3. The molecule has 0 spiro atoms. The van der Waals surface area contributed by atoms with Crippen LogP contribution in [0.4, 0.5) is 0 Å². The van der Waals surface area contributed by atoms with E-state index in [0.717, 1.165) is 26.1 Å². The Hall–Kier alpha value is -0.650. The van der Waals surface area contributed by atoms with Crippen molar-refractivity contribution in [2.75, 3.05) is 40.3 Å². The minimum Gasteiger partial charge on any atom is -0.467 e. The van der Waals surface area contributed by atoms with Crippen LogP contribution in [0.1, 0.15) is 20.3 Å². The third-order valence-electron chi connectivity index (χ3n) is 3.49. The number of rotatable bonds is 4. The Morgan fingerprint density at radius 3 is 2.71 bits per heavy atom. The zero-order chi connectivity index (χ0) is 13.1. The van der Waals surface area contributed by atoms with Crippen LogP contribution in [0.25, 0.3) is 0 Å². The molecule has 2 atom stereocenters. The fourth-order valence-corrected chi connectivity index (χ4v) is 2.31. The molecular formula is C12H24N2O3. The molecule has 1 rings (SSSR count). The SMILES string of the molecule is CCC1CN(CC(C)(O)C(=O)OC)CCN1C. The molecule has 0 aromatic carbocycles. The Balaban J connectivity index is 2.55. The smallest absolute Gasteiger partial charge is 0.338 e. The molecule has 1 heterocycles. The number of piperazine rings is 1. The quantitative estimate of drug-likeness (QED) is 0.702. The molecule has 1 aliphatic rings. The number of β-amino-alcohol motifs (C(OH)–C–C–N with tert-alkyl or cyclic N) is 1. The van der Waals surface area contributed by atoms with Crippen molar-refractivity contribution in [3.05, 3.63) is 0 Å². The number of ether oxygens (including phenoxy) is 1. The van der Waals surface area contributed by atoms with Crippen molar-refractivity contribution < 1.29 is 14.6 Å². The monoisotopic (exact) mass is 244 g/mol. The van der Waals surface area contributed by atoms with Crippen LogP contribution in [0.2, 0.25) is 0 Å². The molecule has 0 saturated carbocycles. The molecule has 17 heavy (non-hydrogen) atoms. The second-order valence-electron chi connectivity index (χ2n) is 5.04. The van der Waals surface area contributed by atoms with Crippen molar-refractivity contribution in [1.82, 2.24) is 9.80 Å². The maximum absolute atomic E-state index is 11.4. The van der Waals surface area contributed by atoms with Gasteiger partial charge in [0.2, 0.25) is 0 Å². The van der Waals surface area contributed by atoms with E-state index in [1.54, 1.807) is 0 Å². The average molecular weight is 244 g/mol. The number of hydrogen-bond donors (Lipinski definition) is 1. The van der Waals surface area contributed by atoms with Gasteiger partial charge in [0, 0.05) is 32.2 Å². The Morgan fingerprint density at radius 2 is 2.18 bits per heavy atom. The number of likely N-dealkylation sites (N-methyl/N-ethyl adjacent to an activating group) is 1. The standard InChI is InChI=1S/C12H24N2O3/c1-5-10-8-14(7-6-13(10)3)9-12(2,16)11(15)17-4/h10,16H,5-9H2,1-4H3.